The molecule has 0 saturated heterocycles. The fourth-order valence-electron chi connectivity index (χ4n) is 1.17. The molecule has 5 nitrogen and oxygen atoms in total. The number of aliphatic hydroxyl groups excluding tert-OH is 1. The highest BCUT2D eigenvalue weighted by Crippen LogP contribution is 2.27. The van der Waals surface area contributed by atoms with E-state index in [1.807, 2.05) is 5.32 Å². The van der Waals surface area contributed by atoms with Gasteiger partial charge in [0, 0.05) is 6.07 Å². The lowest BCUT2D eigenvalue weighted by atomic mass is 10.2. The Morgan fingerprint density at radius 2 is 2.06 bits per heavy atom. The summed E-state index contributed by atoms with van der Waals surface area (Å²) in [4.78, 5) is 9.81. The van der Waals surface area contributed by atoms with Gasteiger partial charge in [-0.15, -0.1) is 0 Å². The standard InChI is InChI=1S/C9H9F3N2O3/c10-9(11,12)5-13-7-2-1-6(4-15)3-8(7)14(16)17/h1-3,13,15H,4-5H2. The van der Waals surface area contributed by atoms with Crippen LogP contribution < -0.4 is 5.32 Å². The first kappa shape index (κ1) is 13.2. The maximum Gasteiger partial charge on any atom is 0.405 e. The third-order valence-corrected chi connectivity index (χ3v) is 1.92. The Morgan fingerprint density at radius 1 is 1.41 bits per heavy atom. The summed E-state index contributed by atoms with van der Waals surface area (Å²) < 4.78 is 35.8. The van der Waals surface area contributed by atoms with Crippen molar-refractivity contribution in [2.24, 2.45) is 0 Å². The maximum absolute atomic E-state index is 11.9. The minimum atomic E-state index is -4.45. The smallest absolute Gasteiger partial charge is 0.392 e. The van der Waals surface area contributed by atoms with Crippen LogP contribution in [0.15, 0.2) is 18.2 Å². The van der Waals surface area contributed by atoms with Crippen molar-refractivity contribution < 1.29 is 23.2 Å². The van der Waals surface area contributed by atoms with Crippen molar-refractivity contribution in [1.29, 1.82) is 0 Å². The Balaban J connectivity index is 2.95. The molecule has 0 atom stereocenters. The van der Waals surface area contributed by atoms with Crippen LogP contribution in [0.4, 0.5) is 24.5 Å². The Bertz CT molecular complexity index is 420. The lowest BCUT2D eigenvalue weighted by Crippen LogP contribution is -2.21. The van der Waals surface area contributed by atoms with E-state index in [9.17, 15) is 23.3 Å². The van der Waals surface area contributed by atoms with Gasteiger partial charge in [0.1, 0.15) is 12.2 Å². The summed E-state index contributed by atoms with van der Waals surface area (Å²) in [6.07, 6.45) is -4.45. The van der Waals surface area contributed by atoms with E-state index in [-0.39, 0.29) is 11.3 Å². The minimum absolute atomic E-state index is 0.232. The molecule has 0 saturated carbocycles. The van der Waals surface area contributed by atoms with E-state index < -0.39 is 29.9 Å². The Labute approximate surface area is 94.0 Å². The molecule has 0 heterocycles. The molecule has 0 unspecified atom stereocenters. The number of nitro benzene ring substituents is 1. The van der Waals surface area contributed by atoms with Crippen molar-refractivity contribution in [2.75, 3.05) is 11.9 Å². The fraction of sp³-hybridized carbons (Fsp3) is 0.333. The molecule has 0 aromatic heterocycles. The van der Waals surface area contributed by atoms with E-state index in [1.54, 1.807) is 0 Å². The second-order valence-corrected chi connectivity index (χ2v) is 3.24. The third-order valence-electron chi connectivity index (χ3n) is 1.92. The summed E-state index contributed by atoms with van der Waals surface area (Å²) in [5.74, 6) is 0. The van der Waals surface area contributed by atoms with E-state index in [1.165, 1.54) is 6.07 Å². The summed E-state index contributed by atoms with van der Waals surface area (Å²) in [6, 6.07) is 3.47. The van der Waals surface area contributed by atoms with Gasteiger partial charge >= 0.3 is 6.18 Å². The lowest BCUT2D eigenvalue weighted by molar-refractivity contribution is -0.384. The summed E-state index contributed by atoms with van der Waals surface area (Å²) in [6.45, 7) is -1.77. The second kappa shape index (κ2) is 5.00. The SMILES string of the molecule is O=[N+]([O-])c1cc(CO)ccc1NCC(F)(F)F. The maximum atomic E-state index is 11.9. The number of aliphatic hydroxyl groups is 1. The molecule has 17 heavy (non-hydrogen) atoms. The molecule has 94 valence electrons. The molecule has 0 aliphatic heterocycles. The molecular weight excluding hydrogens is 241 g/mol. The summed E-state index contributed by atoms with van der Waals surface area (Å²) in [7, 11) is 0. The van der Waals surface area contributed by atoms with Crippen LogP contribution in [0.3, 0.4) is 0 Å². The molecule has 1 aromatic carbocycles. The molecule has 2 N–H and O–H groups in total. The third kappa shape index (κ3) is 3.91. The van der Waals surface area contributed by atoms with Gasteiger partial charge in [-0.3, -0.25) is 10.1 Å². The molecule has 0 bridgehead atoms. The van der Waals surface area contributed by atoms with Gasteiger partial charge in [-0.05, 0) is 11.6 Å². The zero-order valence-electron chi connectivity index (χ0n) is 8.49. The van der Waals surface area contributed by atoms with E-state index >= 15 is 0 Å². The van der Waals surface area contributed by atoms with Gasteiger partial charge in [0.2, 0.25) is 0 Å². The van der Waals surface area contributed by atoms with Crippen LogP contribution in [0.1, 0.15) is 5.56 Å². The second-order valence-electron chi connectivity index (χ2n) is 3.24. The number of nitrogens with zero attached hydrogens (tertiary/aromatic N) is 1. The molecule has 8 heteroatoms. The number of nitrogens with one attached hydrogen (secondary N) is 1. The van der Waals surface area contributed by atoms with Crippen molar-refractivity contribution in [3.05, 3.63) is 33.9 Å². The topological polar surface area (TPSA) is 75.4 Å². The van der Waals surface area contributed by atoms with Crippen LogP contribution in [0, 0.1) is 10.1 Å². The number of hydrogen-bond donors (Lipinski definition) is 2. The number of halogens is 3. The Morgan fingerprint density at radius 3 is 2.53 bits per heavy atom. The highest BCUT2D eigenvalue weighted by molar-refractivity contribution is 5.62. The van der Waals surface area contributed by atoms with E-state index in [0.29, 0.717) is 0 Å². The molecule has 1 rings (SSSR count). The van der Waals surface area contributed by atoms with Crippen molar-refractivity contribution in [3.63, 3.8) is 0 Å². The molecule has 0 aliphatic rings. The normalized spacial score (nSPS) is 11.3. The van der Waals surface area contributed by atoms with Crippen LogP contribution in [0.25, 0.3) is 0 Å². The van der Waals surface area contributed by atoms with Gasteiger partial charge in [0.05, 0.1) is 11.5 Å². The summed E-state index contributed by atoms with van der Waals surface area (Å²) in [5, 5.41) is 21.3. The van der Waals surface area contributed by atoms with Crippen LogP contribution >= 0.6 is 0 Å². The molecule has 0 fully saturated rings. The number of rotatable bonds is 4. The minimum Gasteiger partial charge on any atom is -0.392 e. The number of hydrogen-bond acceptors (Lipinski definition) is 4. The predicted octanol–water partition coefficient (Wildman–Crippen LogP) is 2.06. The van der Waals surface area contributed by atoms with Crippen molar-refractivity contribution in [2.45, 2.75) is 12.8 Å². The van der Waals surface area contributed by atoms with E-state index in [4.69, 9.17) is 5.11 Å². The highest BCUT2D eigenvalue weighted by atomic mass is 19.4. The Hall–Kier alpha value is -1.83. The van der Waals surface area contributed by atoms with E-state index in [2.05, 4.69) is 0 Å². The number of anilines is 1. The zero-order valence-corrected chi connectivity index (χ0v) is 8.49. The summed E-state index contributed by atoms with van der Waals surface area (Å²) >= 11 is 0. The first-order chi connectivity index (χ1) is 7.83. The van der Waals surface area contributed by atoms with Crippen LogP contribution in [-0.4, -0.2) is 22.8 Å². The van der Waals surface area contributed by atoms with Gasteiger partial charge < -0.3 is 10.4 Å². The van der Waals surface area contributed by atoms with Gasteiger partial charge in [-0.1, -0.05) is 6.07 Å². The van der Waals surface area contributed by atoms with Gasteiger partial charge in [-0.2, -0.15) is 13.2 Å². The first-order valence-corrected chi connectivity index (χ1v) is 4.52. The number of alkyl halides is 3. The Kier molecular flexibility index (Phi) is 3.89. The monoisotopic (exact) mass is 250 g/mol. The van der Waals surface area contributed by atoms with Crippen molar-refractivity contribution >= 4 is 11.4 Å². The van der Waals surface area contributed by atoms with Crippen LogP contribution in [-0.2, 0) is 6.61 Å². The first-order valence-electron chi connectivity index (χ1n) is 4.52. The number of nitro groups is 1. The van der Waals surface area contributed by atoms with Crippen LogP contribution in [0.5, 0.6) is 0 Å². The molecular formula is C9H9F3N2O3. The summed E-state index contributed by atoms with van der Waals surface area (Å²) in [5.41, 5.74) is -0.473. The van der Waals surface area contributed by atoms with Gasteiger partial charge in [0.25, 0.3) is 5.69 Å². The zero-order chi connectivity index (χ0) is 13.1. The lowest BCUT2D eigenvalue weighted by Gasteiger charge is -2.10. The average Bonchev–Trinajstić information content (AvgIpc) is 2.25. The average molecular weight is 250 g/mol. The fourth-order valence-corrected chi connectivity index (χ4v) is 1.17. The highest BCUT2D eigenvalue weighted by Gasteiger charge is 2.28. The predicted molar refractivity (Wildman–Crippen MR) is 53.6 cm³/mol. The molecule has 0 radical (unpaired) electrons. The largest absolute Gasteiger partial charge is 0.405 e. The molecule has 0 amide bonds. The molecule has 1 aromatic rings. The van der Waals surface area contributed by atoms with Crippen molar-refractivity contribution in [1.82, 2.24) is 0 Å². The van der Waals surface area contributed by atoms with Gasteiger partial charge in [-0.25, -0.2) is 0 Å². The van der Waals surface area contributed by atoms with Crippen LogP contribution in [0.2, 0.25) is 0 Å². The molecule has 0 aliphatic carbocycles. The quantitative estimate of drug-likeness (QED) is 0.633. The van der Waals surface area contributed by atoms with Gasteiger partial charge in [0.15, 0.2) is 0 Å². The molecule has 0 spiro atoms. The van der Waals surface area contributed by atoms with E-state index in [0.717, 1.165) is 12.1 Å². The number of benzene rings is 1. The van der Waals surface area contributed by atoms with Crippen molar-refractivity contribution in [3.8, 4) is 0 Å².